The lowest BCUT2D eigenvalue weighted by atomic mass is 10.1. The second-order valence-corrected chi connectivity index (χ2v) is 6.52. The van der Waals surface area contributed by atoms with Crippen LogP contribution in [0.3, 0.4) is 0 Å². The number of aliphatic carboxylic acids is 1. The molecule has 28 heavy (non-hydrogen) atoms. The fraction of sp³-hybridized carbons (Fsp3) is 0.500. The highest BCUT2D eigenvalue weighted by atomic mass is 16.6. The lowest BCUT2D eigenvalue weighted by Crippen LogP contribution is -2.43. The number of rotatable bonds is 7. The Morgan fingerprint density at radius 3 is 2.64 bits per heavy atom. The molecule has 10 heteroatoms. The van der Waals surface area contributed by atoms with Crippen LogP contribution in [0.15, 0.2) is 24.3 Å². The summed E-state index contributed by atoms with van der Waals surface area (Å²) in [6.45, 7) is 1.44. The van der Waals surface area contributed by atoms with Gasteiger partial charge in [-0.2, -0.15) is 0 Å². The molecule has 1 aromatic carbocycles. The van der Waals surface area contributed by atoms with Crippen molar-refractivity contribution >= 4 is 23.5 Å². The number of carboxylic acids is 1. The molecule has 0 spiro atoms. The van der Waals surface area contributed by atoms with Crippen molar-refractivity contribution in [2.45, 2.75) is 32.2 Å². The van der Waals surface area contributed by atoms with Crippen LogP contribution in [0.25, 0.3) is 0 Å². The molecule has 1 N–H and O–H groups in total. The minimum absolute atomic E-state index is 0.0257. The average molecular weight is 393 g/mol. The summed E-state index contributed by atoms with van der Waals surface area (Å²) >= 11 is 0. The van der Waals surface area contributed by atoms with Gasteiger partial charge in [0.25, 0.3) is 5.91 Å². The zero-order chi connectivity index (χ0) is 20.7. The molecule has 10 nitrogen and oxygen atoms in total. The number of carbonyl (C=O) groups is 3. The van der Waals surface area contributed by atoms with Crippen LogP contribution >= 0.6 is 0 Å². The van der Waals surface area contributed by atoms with E-state index < -0.39 is 10.9 Å². The smallest absolute Gasteiger partial charge is 0.323 e. The van der Waals surface area contributed by atoms with E-state index in [1.54, 1.807) is 11.0 Å². The lowest BCUT2D eigenvalue weighted by molar-refractivity contribution is -0.385. The predicted molar refractivity (Wildman–Crippen MR) is 97.8 cm³/mol. The van der Waals surface area contributed by atoms with Gasteiger partial charge in [0.2, 0.25) is 5.91 Å². The Balaban J connectivity index is 1.94. The van der Waals surface area contributed by atoms with Crippen LogP contribution in [0, 0.1) is 10.1 Å². The van der Waals surface area contributed by atoms with Crippen LogP contribution in [0.5, 0.6) is 5.75 Å². The Bertz CT molecular complexity index is 752. The van der Waals surface area contributed by atoms with Gasteiger partial charge in [-0.25, -0.2) is 0 Å². The Morgan fingerprint density at radius 2 is 2.00 bits per heavy atom. The Kier molecular flexibility index (Phi) is 7.30. The van der Waals surface area contributed by atoms with Crippen molar-refractivity contribution in [1.82, 2.24) is 9.80 Å². The molecule has 0 aliphatic carbocycles. The first-order chi connectivity index (χ1) is 13.3. The Morgan fingerprint density at radius 1 is 1.29 bits per heavy atom. The number of hydrogen-bond acceptors (Lipinski definition) is 6. The van der Waals surface area contributed by atoms with Crippen LogP contribution in [0.4, 0.5) is 5.69 Å². The molecule has 1 saturated heterocycles. The Hall–Kier alpha value is -3.17. The van der Waals surface area contributed by atoms with Gasteiger partial charge in [0.15, 0.2) is 12.4 Å². The van der Waals surface area contributed by atoms with E-state index in [9.17, 15) is 24.5 Å². The summed E-state index contributed by atoms with van der Waals surface area (Å²) in [7, 11) is 0. The molecule has 2 rings (SSSR count). The second-order valence-electron chi connectivity index (χ2n) is 6.52. The number of para-hydroxylation sites is 2. The van der Waals surface area contributed by atoms with Gasteiger partial charge in [-0.1, -0.05) is 12.1 Å². The van der Waals surface area contributed by atoms with Crippen LogP contribution in [-0.4, -0.2) is 69.9 Å². The van der Waals surface area contributed by atoms with E-state index >= 15 is 0 Å². The standard InChI is InChI=1S/C18H23N3O7/c1-13(22)20(11-18(24)25)14-5-4-9-19(10-8-14)17(23)12-28-16-7-3-2-6-15(16)21(26)27/h2-3,6-7,14H,4-5,8-12H2,1H3,(H,24,25). The maximum absolute atomic E-state index is 12.4. The minimum Gasteiger partial charge on any atom is -0.480 e. The molecule has 1 heterocycles. The van der Waals surface area contributed by atoms with Gasteiger partial charge in [0.1, 0.15) is 6.54 Å². The van der Waals surface area contributed by atoms with Crippen LogP contribution in [0.1, 0.15) is 26.2 Å². The van der Waals surface area contributed by atoms with Gasteiger partial charge >= 0.3 is 11.7 Å². The molecule has 1 unspecified atom stereocenters. The summed E-state index contributed by atoms with van der Waals surface area (Å²) in [5.74, 6) is -1.68. The van der Waals surface area contributed by atoms with Crippen molar-refractivity contribution in [3.63, 3.8) is 0 Å². The first kappa shape index (κ1) is 21.1. The number of ether oxygens (including phenoxy) is 1. The number of nitro groups is 1. The van der Waals surface area contributed by atoms with E-state index in [4.69, 9.17) is 9.84 Å². The average Bonchev–Trinajstić information content (AvgIpc) is 2.90. The number of hydrogen-bond donors (Lipinski definition) is 1. The molecule has 0 aromatic heterocycles. The molecule has 1 atom stereocenters. The first-order valence-corrected chi connectivity index (χ1v) is 8.92. The summed E-state index contributed by atoms with van der Waals surface area (Å²) in [6, 6.07) is 5.58. The topological polar surface area (TPSA) is 130 Å². The summed E-state index contributed by atoms with van der Waals surface area (Å²) in [4.78, 5) is 48.5. The molecule has 152 valence electrons. The zero-order valence-corrected chi connectivity index (χ0v) is 15.6. The quantitative estimate of drug-likeness (QED) is 0.545. The molecule has 1 aliphatic rings. The molecule has 0 radical (unpaired) electrons. The van der Waals surface area contributed by atoms with E-state index in [2.05, 4.69) is 0 Å². The third kappa shape index (κ3) is 5.66. The monoisotopic (exact) mass is 393 g/mol. The molecule has 0 saturated carbocycles. The molecule has 2 amide bonds. The molecule has 1 aliphatic heterocycles. The van der Waals surface area contributed by atoms with Gasteiger partial charge in [-0.05, 0) is 25.3 Å². The fourth-order valence-corrected chi connectivity index (χ4v) is 3.24. The normalized spacial score (nSPS) is 16.8. The van der Waals surface area contributed by atoms with Crippen LogP contribution in [0.2, 0.25) is 0 Å². The van der Waals surface area contributed by atoms with Crippen molar-refractivity contribution in [2.75, 3.05) is 26.2 Å². The van der Waals surface area contributed by atoms with E-state index in [0.29, 0.717) is 32.4 Å². The minimum atomic E-state index is -1.08. The number of benzene rings is 1. The first-order valence-electron chi connectivity index (χ1n) is 8.92. The zero-order valence-electron chi connectivity index (χ0n) is 15.6. The summed E-state index contributed by atoms with van der Waals surface area (Å²) in [6.07, 6.45) is 1.68. The highest BCUT2D eigenvalue weighted by Gasteiger charge is 2.28. The summed E-state index contributed by atoms with van der Waals surface area (Å²) in [5.41, 5.74) is -0.211. The number of amides is 2. The van der Waals surface area contributed by atoms with Crippen LogP contribution in [-0.2, 0) is 14.4 Å². The van der Waals surface area contributed by atoms with Crippen molar-refractivity contribution in [2.24, 2.45) is 0 Å². The largest absolute Gasteiger partial charge is 0.480 e. The van der Waals surface area contributed by atoms with Gasteiger partial charge in [-0.3, -0.25) is 24.5 Å². The summed E-state index contributed by atoms with van der Waals surface area (Å²) < 4.78 is 5.34. The molecular formula is C18H23N3O7. The number of likely N-dealkylation sites (tertiary alicyclic amines) is 1. The molecule has 1 fully saturated rings. The van der Waals surface area contributed by atoms with Crippen molar-refractivity contribution in [3.8, 4) is 5.75 Å². The summed E-state index contributed by atoms with van der Waals surface area (Å²) in [5, 5.41) is 20.0. The number of carboxylic acid groups (broad SMARTS) is 1. The third-order valence-electron chi connectivity index (χ3n) is 4.61. The molecular weight excluding hydrogens is 370 g/mol. The number of nitrogens with zero attached hydrogens (tertiary/aromatic N) is 3. The maximum atomic E-state index is 12.4. The van der Waals surface area contributed by atoms with Gasteiger partial charge < -0.3 is 19.6 Å². The lowest BCUT2D eigenvalue weighted by Gasteiger charge is -2.28. The SMILES string of the molecule is CC(=O)N(CC(=O)O)C1CCCN(C(=O)COc2ccccc2[N+](=O)[O-])CC1. The number of carbonyl (C=O) groups excluding carboxylic acids is 2. The van der Waals surface area contributed by atoms with E-state index in [0.717, 1.165) is 0 Å². The van der Waals surface area contributed by atoms with Crippen molar-refractivity contribution in [3.05, 3.63) is 34.4 Å². The van der Waals surface area contributed by atoms with E-state index in [1.807, 2.05) is 0 Å². The van der Waals surface area contributed by atoms with Gasteiger partial charge in [-0.15, -0.1) is 0 Å². The second kappa shape index (κ2) is 9.67. The molecule has 1 aromatic rings. The highest BCUT2D eigenvalue weighted by Crippen LogP contribution is 2.26. The number of nitro benzene ring substituents is 1. The van der Waals surface area contributed by atoms with E-state index in [1.165, 1.54) is 30.0 Å². The Labute approximate surface area is 161 Å². The molecule has 0 bridgehead atoms. The third-order valence-corrected chi connectivity index (χ3v) is 4.61. The van der Waals surface area contributed by atoms with Crippen LogP contribution < -0.4 is 4.74 Å². The maximum Gasteiger partial charge on any atom is 0.323 e. The predicted octanol–water partition coefficient (Wildman–Crippen LogP) is 1.29. The van der Waals surface area contributed by atoms with Crippen molar-refractivity contribution < 1.29 is 29.2 Å². The fourth-order valence-electron chi connectivity index (χ4n) is 3.24. The van der Waals surface area contributed by atoms with E-state index in [-0.39, 0.29) is 42.4 Å². The van der Waals surface area contributed by atoms with Gasteiger partial charge in [0.05, 0.1) is 4.92 Å². The van der Waals surface area contributed by atoms with Gasteiger partial charge in [0, 0.05) is 32.1 Å². The van der Waals surface area contributed by atoms with Crippen molar-refractivity contribution in [1.29, 1.82) is 0 Å². The highest BCUT2D eigenvalue weighted by molar-refractivity contribution is 5.80.